The predicted octanol–water partition coefficient (Wildman–Crippen LogP) is 2.30. The van der Waals surface area contributed by atoms with Crippen LogP contribution in [-0.4, -0.2) is 41.2 Å². The minimum atomic E-state index is 0.297. The first kappa shape index (κ1) is 18.4. The predicted molar refractivity (Wildman–Crippen MR) is 96.6 cm³/mol. The maximum absolute atomic E-state index is 5.23. The number of nitrogens with zero attached hydrogens (tertiary/aromatic N) is 4. The zero-order valence-corrected chi connectivity index (χ0v) is 15.6. The summed E-state index contributed by atoms with van der Waals surface area (Å²) in [5, 5.41) is 11.7. The van der Waals surface area contributed by atoms with Gasteiger partial charge in [0, 0.05) is 50.0 Å². The molecular weight excluding hydrogens is 324 g/mol. The highest BCUT2D eigenvalue weighted by atomic mass is 32.1. The van der Waals surface area contributed by atoms with Gasteiger partial charge in [-0.25, -0.2) is 4.98 Å². The summed E-state index contributed by atoms with van der Waals surface area (Å²) in [6, 6.07) is 0. The Bertz CT molecular complexity index is 649. The molecule has 0 spiro atoms. The van der Waals surface area contributed by atoms with Crippen molar-refractivity contribution in [3.63, 3.8) is 0 Å². The van der Waals surface area contributed by atoms with Crippen molar-refractivity contribution in [2.45, 2.75) is 46.0 Å². The molecule has 2 N–H and O–H groups in total. The van der Waals surface area contributed by atoms with Crippen LogP contribution >= 0.6 is 11.3 Å². The molecule has 0 bridgehead atoms. The van der Waals surface area contributed by atoms with Crippen LogP contribution in [0.5, 0.6) is 0 Å². The van der Waals surface area contributed by atoms with E-state index in [1.165, 1.54) is 4.88 Å². The van der Waals surface area contributed by atoms with E-state index in [0.29, 0.717) is 11.8 Å². The minimum Gasteiger partial charge on any atom is -0.356 e. The topological polar surface area (TPSA) is 88.2 Å². The van der Waals surface area contributed by atoms with Crippen molar-refractivity contribution in [1.29, 1.82) is 0 Å². The molecule has 2 aromatic rings. The molecule has 7 nitrogen and oxygen atoms in total. The normalized spacial score (nSPS) is 12.0. The van der Waals surface area contributed by atoms with E-state index in [9.17, 15) is 0 Å². The molecule has 2 aromatic heterocycles. The fraction of sp³-hybridized carbons (Fsp3) is 0.625. The van der Waals surface area contributed by atoms with Crippen LogP contribution in [0.25, 0.3) is 0 Å². The molecule has 2 heterocycles. The summed E-state index contributed by atoms with van der Waals surface area (Å²) in [5.74, 6) is 2.57. The lowest BCUT2D eigenvalue weighted by molar-refractivity contribution is 0.368. The number of thiazole rings is 1. The zero-order chi connectivity index (χ0) is 17.4. The molecule has 0 aliphatic rings. The van der Waals surface area contributed by atoms with Crippen molar-refractivity contribution in [3.05, 3.63) is 27.8 Å². The number of aromatic nitrogens is 3. The van der Waals surface area contributed by atoms with Crippen molar-refractivity contribution in [2.24, 2.45) is 4.99 Å². The van der Waals surface area contributed by atoms with E-state index < -0.39 is 0 Å². The quantitative estimate of drug-likeness (QED) is 0.431. The van der Waals surface area contributed by atoms with Gasteiger partial charge in [-0.3, -0.25) is 4.99 Å². The molecule has 132 valence electrons. The Kier molecular flexibility index (Phi) is 7.17. The van der Waals surface area contributed by atoms with Crippen molar-refractivity contribution >= 4 is 17.3 Å². The molecule has 0 radical (unpaired) electrons. The molecule has 0 fully saturated rings. The van der Waals surface area contributed by atoms with E-state index in [-0.39, 0.29) is 0 Å². The van der Waals surface area contributed by atoms with Gasteiger partial charge in [-0.05, 0) is 13.3 Å². The summed E-state index contributed by atoms with van der Waals surface area (Å²) in [6.07, 6.45) is 4.49. The van der Waals surface area contributed by atoms with Gasteiger partial charge in [-0.2, -0.15) is 4.98 Å². The second-order valence-corrected chi connectivity index (χ2v) is 7.16. The van der Waals surface area contributed by atoms with E-state index >= 15 is 0 Å². The first-order valence-electron chi connectivity index (χ1n) is 8.26. The van der Waals surface area contributed by atoms with Gasteiger partial charge in [0.05, 0.1) is 5.01 Å². The fourth-order valence-corrected chi connectivity index (χ4v) is 2.86. The Labute approximate surface area is 147 Å². The van der Waals surface area contributed by atoms with Gasteiger partial charge >= 0.3 is 0 Å². The maximum atomic E-state index is 5.23. The van der Waals surface area contributed by atoms with E-state index in [4.69, 9.17) is 4.52 Å². The highest BCUT2D eigenvalue weighted by molar-refractivity contribution is 7.11. The third kappa shape index (κ3) is 5.92. The Morgan fingerprint density at radius 1 is 1.29 bits per heavy atom. The Morgan fingerprint density at radius 2 is 2.08 bits per heavy atom. The van der Waals surface area contributed by atoms with Gasteiger partial charge < -0.3 is 15.2 Å². The van der Waals surface area contributed by atoms with Crippen molar-refractivity contribution in [1.82, 2.24) is 25.8 Å². The molecule has 0 aromatic carbocycles. The lowest BCUT2D eigenvalue weighted by Gasteiger charge is -2.10. The standard InChI is InChI=1S/C16H26N6OS/c1-11(2)15-21-13(23-22-15)6-5-8-18-16(17-4)19-9-7-14-20-10-12(3)24-14/h10-11H,5-9H2,1-4H3,(H2,17,18,19). The molecule has 24 heavy (non-hydrogen) atoms. The van der Waals surface area contributed by atoms with Crippen LogP contribution in [0.15, 0.2) is 15.7 Å². The number of nitrogens with one attached hydrogen (secondary N) is 2. The van der Waals surface area contributed by atoms with Gasteiger partial charge in [-0.1, -0.05) is 19.0 Å². The Balaban J connectivity index is 1.62. The Hall–Kier alpha value is -1.96. The van der Waals surface area contributed by atoms with Crippen LogP contribution in [0, 0.1) is 6.92 Å². The SMILES string of the molecule is CN=C(NCCCc1nc(C(C)C)no1)NCCc1ncc(C)s1. The molecule has 0 saturated heterocycles. The van der Waals surface area contributed by atoms with Crippen molar-refractivity contribution in [3.8, 4) is 0 Å². The minimum absolute atomic E-state index is 0.297. The van der Waals surface area contributed by atoms with Crippen LogP contribution < -0.4 is 10.6 Å². The molecule has 0 amide bonds. The maximum Gasteiger partial charge on any atom is 0.226 e. The summed E-state index contributed by atoms with van der Waals surface area (Å²) >= 11 is 1.74. The largest absolute Gasteiger partial charge is 0.356 e. The number of rotatable bonds is 8. The first-order valence-corrected chi connectivity index (χ1v) is 9.08. The third-order valence-electron chi connectivity index (χ3n) is 3.38. The summed E-state index contributed by atoms with van der Waals surface area (Å²) < 4.78 is 5.23. The molecule has 0 atom stereocenters. The van der Waals surface area contributed by atoms with Gasteiger partial charge in [0.1, 0.15) is 0 Å². The Morgan fingerprint density at radius 3 is 2.71 bits per heavy atom. The van der Waals surface area contributed by atoms with Crippen molar-refractivity contribution < 1.29 is 4.52 Å². The van der Waals surface area contributed by atoms with E-state index in [0.717, 1.165) is 49.1 Å². The van der Waals surface area contributed by atoms with Crippen LogP contribution in [0.3, 0.4) is 0 Å². The summed E-state index contributed by atoms with van der Waals surface area (Å²) in [7, 11) is 1.77. The average molecular weight is 350 g/mol. The zero-order valence-electron chi connectivity index (χ0n) is 14.8. The van der Waals surface area contributed by atoms with Gasteiger partial charge in [-0.15, -0.1) is 11.3 Å². The van der Waals surface area contributed by atoms with Gasteiger partial charge in [0.15, 0.2) is 11.8 Å². The molecular formula is C16H26N6OS. The second kappa shape index (κ2) is 9.36. The van der Waals surface area contributed by atoms with Gasteiger partial charge in [0.2, 0.25) is 5.89 Å². The van der Waals surface area contributed by atoms with Crippen LogP contribution in [-0.2, 0) is 12.8 Å². The van der Waals surface area contributed by atoms with Crippen LogP contribution in [0.1, 0.15) is 47.8 Å². The molecule has 0 aliphatic carbocycles. The van der Waals surface area contributed by atoms with Crippen LogP contribution in [0.4, 0.5) is 0 Å². The lowest BCUT2D eigenvalue weighted by atomic mass is 10.2. The number of aryl methyl sites for hydroxylation is 2. The summed E-state index contributed by atoms with van der Waals surface area (Å²) in [4.78, 5) is 14.2. The number of aliphatic imine (C=N–C) groups is 1. The third-order valence-corrected chi connectivity index (χ3v) is 4.36. The molecule has 0 unspecified atom stereocenters. The molecule has 2 rings (SSSR count). The monoisotopic (exact) mass is 350 g/mol. The summed E-state index contributed by atoms with van der Waals surface area (Å²) in [6.45, 7) is 7.80. The second-order valence-electron chi connectivity index (χ2n) is 5.84. The molecule has 0 aliphatic heterocycles. The van der Waals surface area contributed by atoms with E-state index in [2.05, 4.69) is 51.5 Å². The lowest BCUT2D eigenvalue weighted by Crippen LogP contribution is -2.38. The highest BCUT2D eigenvalue weighted by Gasteiger charge is 2.09. The average Bonchev–Trinajstić information content (AvgIpc) is 3.19. The first-order chi connectivity index (χ1) is 11.6. The van der Waals surface area contributed by atoms with E-state index in [1.54, 1.807) is 18.4 Å². The number of guanidine groups is 1. The van der Waals surface area contributed by atoms with Crippen molar-refractivity contribution in [2.75, 3.05) is 20.1 Å². The van der Waals surface area contributed by atoms with Gasteiger partial charge in [0.25, 0.3) is 0 Å². The molecule has 0 saturated carbocycles. The van der Waals surface area contributed by atoms with E-state index in [1.807, 2.05) is 6.20 Å². The fourth-order valence-electron chi connectivity index (χ4n) is 2.08. The highest BCUT2D eigenvalue weighted by Crippen LogP contribution is 2.11. The number of hydrogen-bond acceptors (Lipinski definition) is 6. The summed E-state index contributed by atoms with van der Waals surface area (Å²) in [5.41, 5.74) is 0. The smallest absolute Gasteiger partial charge is 0.226 e. The van der Waals surface area contributed by atoms with Crippen LogP contribution in [0.2, 0.25) is 0 Å². The molecule has 8 heteroatoms. The number of hydrogen-bond donors (Lipinski definition) is 2.